The zero-order chi connectivity index (χ0) is 26.8. The number of ether oxygens (including phenoxy) is 2. The number of non-ortho nitro benzene ring substituents is 1. The largest absolute Gasteiger partial charge is 0.497 e. The third kappa shape index (κ3) is 7.42. The molecule has 37 heavy (non-hydrogen) atoms. The van der Waals surface area contributed by atoms with Crippen LogP contribution < -0.4 is 19.8 Å². The molecule has 2 aromatic carbocycles. The van der Waals surface area contributed by atoms with Gasteiger partial charge in [-0.2, -0.15) is 5.10 Å². The minimum Gasteiger partial charge on any atom is -0.497 e. The van der Waals surface area contributed by atoms with Crippen LogP contribution in [-0.2, 0) is 9.59 Å². The highest BCUT2D eigenvalue weighted by atomic mass is 16.6. The van der Waals surface area contributed by atoms with E-state index in [0.717, 1.165) is 18.5 Å². The van der Waals surface area contributed by atoms with Crippen LogP contribution in [0.25, 0.3) is 0 Å². The monoisotopic (exact) mass is 511 g/mol. The van der Waals surface area contributed by atoms with Crippen molar-refractivity contribution in [3.05, 3.63) is 58.1 Å². The molecule has 0 radical (unpaired) electrons. The summed E-state index contributed by atoms with van der Waals surface area (Å²) in [6.07, 6.45) is 3.00. The molecule has 0 spiro atoms. The number of rotatable bonds is 11. The highest BCUT2D eigenvalue weighted by Gasteiger charge is 2.29. The number of hydrogen-bond acceptors (Lipinski definition) is 8. The lowest BCUT2D eigenvalue weighted by molar-refractivity contribution is -0.384. The first-order valence-corrected chi connectivity index (χ1v) is 12.3. The fourth-order valence-electron chi connectivity index (χ4n) is 4.26. The highest BCUT2D eigenvalue weighted by molar-refractivity contribution is 5.90. The van der Waals surface area contributed by atoms with Gasteiger partial charge in [0, 0.05) is 49.6 Å². The fourth-order valence-corrected chi connectivity index (χ4v) is 4.26. The van der Waals surface area contributed by atoms with Crippen LogP contribution in [0, 0.1) is 16.0 Å². The number of nitro benzene ring substituents is 1. The molecule has 1 unspecified atom stereocenters. The summed E-state index contributed by atoms with van der Waals surface area (Å²) in [7, 11) is 1.56. The summed E-state index contributed by atoms with van der Waals surface area (Å²) in [6, 6.07) is 11.3. The number of carbonyl (C=O) groups excluding carboxylic acids is 2. The minimum absolute atomic E-state index is 0.0906. The van der Waals surface area contributed by atoms with Crippen molar-refractivity contribution in [2.75, 3.05) is 44.8 Å². The lowest BCUT2D eigenvalue weighted by Gasteiger charge is -2.36. The number of hydrogen-bond donors (Lipinski definition) is 1. The lowest BCUT2D eigenvalue weighted by atomic mass is 9.95. The number of amides is 2. The molecule has 1 aliphatic rings. The molecule has 1 saturated heterocycles. The Kier molecular flexibility index (Phi) is 9.82. The molecule has 3 rings (SSSR count). The Morgan fingerprint density at radius 2 is 1.89 bits per heavy atom. The average Bonchev–Trinajstić information content (AvgIpc) is 2.92. The number of nitrogens with zero attached hydrogens (tertiary/aromatic N) is 4. The third-order valence-corrected chi connectivity index (χ3v) is 6.23. The van der Waals surface area contributed by atoms with Gasteiger partial charge in [0.1, 0.15) is 11.5 Å². The summed E-state index contributed by atoms with van der Waals surface area (Å²) in [4.78, 5) is 39.9. The lowest BCUT2D eigenvalue weighted by Crippen LogP contribution is -2.45. The summed E-state index contributed by atoms with van der Waals surface area (Å²) in [5.74, 6) is 0.660. The van der Waals surface area contributed by atoms with E-state index in [2.05, 4.69) is 15.4 Å². The number of methoxy groups -OCH3 is 1. The normalized spacial score (nSPS) is 15.3. The maximum Gasteiger partial charge on any atom is 0.277 e. The number of piperidine rings is 1. The van der Waals surface area contributed by atoms with Crippen LogP contribution in [0.5, 0.6) is 11.5 Å². The first-order valence-electron chi connectivity index (χ1n) is 12.3. The summed E-state index contributed by atoms with van der Waals surface area (Å²) in [5, 5.41) is 15.4. The molecule has 0 aliphatic carbocycles. The second-order valence-corrected chi connectivity index (χ2v) is 8.55. The van der Waals surface area contributed by atoms with Crippen LogP contribution in [0.2, 0.25) is 0 Å². The second kappa shape index (κ2) is 13.2. The summed E-state index contributed by atoms with van der Waals surface area (Å²) >= 11 is 0. The SMILES string of the molecule is CCN(CC)C(=O)C1CCCN(c2ccc([N+](=O)[O-])cc2/C=N/NC(=O)COc2ccc(OC)cc2)C1. The van der Waals surface area contributed by atoms with Crippen LogP contribution in [0.3, 0.4) is 0 Å². The molecule has 0 aromatic heterocycles. The van der Waals surface area contributed by atoms with Crippen LogP contribution in [0.15, 0.2) is 47.6 Å². The van der Waals surface area contributed by atoms with Crippen molar-refractivity contribution >= 4 is 29.4 Å². The van der Waals surface area contributed by atoms with Gasteiger partial charge in [-0.3, -0.25) is 19.7 Å². The van der Waals surface area contributed by atoms with Crippen molar-refractivity contribution in [1.29, 1.82) is 0 Å². The molecular formula is C26H33N5O6. The maximum absolute atomic E-state index is 12.9. The van der Waals surface area contributed by atoms with E-state index in [1.165, 1.54) is 18.3 Å². The van der Waals surface area contributed by atoms with Crippen LogP contribution in [0.1, 0.15) is 32.3 Å². The molecule has 1 heterocycles. The molecule has 2 amide bonds. The summed E-state index contributed by atoms with van der Waals surface area (Å²) in [6.45, 7) is 6.20. The number of hydrazone groups is 1. The molecule has 11 heteroatoms. The second-order valence-electron chi connectivity index (χ2n) is 8.55. The molecule has 2 aromatic rings. The van der Waals surface area contributed by atoms with E-state index >= 15 is 0 Å². The quantitative estimate of drug-likeness (QED) is 0.279. The molecular weight excluding hydrogens is 478 g/mol. The standard InChI is InChI=1S/C26H33N5O6/c1-4-29(5-2)26(33)19-7-6-14-30(17-19)24-13-8-21(31(34)35)15-20(24)16-27-28-25(32)18-37-23-11-9-22(36-3)10-12-23/h8-13,15-16,19H,4-7,14,17-18H2,1-3H3,(H,28,32)/b27-16+. The molecule has 198 valence electrons. The number of carbonyl (C=O) groups is 2. The number of benzene rings is 2. The van der Waals surface area contributed by atoms with Gasteiger partial charge in [-0.25, -0.2) is 5.43 Å². The zero-order valence-electron chi connectivity index (χ0n) is 21.4. The Morgan fingerprint density at radius 3 is 2.54 bits per heavy atom. The van der Waals surface area contributed by atoms with Gasteiger partial charge in [-0.05, 0) is 57.0 Å². The Bertz CT molecular complexity index is 1120. The van der Waals surface area contributed by atoms with E-state index in [0.29, 0.717) is 43.2 Å². The topological polar surface area (TPSA) is 127 Å². The van der Waals surface area contributed by atoms with Crippen LogP contribution >= 0.6 is 0 Å². The molecule has 0 bridgehead atoms. The van der Waals surface area contributed by atoms with Gasteiger partial charge < -0.3 is 19.3 Å². The Hall–Kier alpha value is -4.15. The highest BCUT2D eigenvalue weighted by Crippen LogP contribution is 2.29. The average molecular weight is 512 g/mol. The predicted octanol–water partition coefficient (Wildman–Crippen LogP) is 3.22. The number of nitro groups is 1. The first-order chi connectivity index (χ1) is 17.9. The minimum atomic E-state index is -0.484. The van der Waals surface area contributed by atoms with E-state index in [1.807, 2.05) is 18.7 Å². The van der Waals surface area contributed by atoms with Crippen molar-refractivity contribution in [3.63, 3.8) is 0 Å². The number of nitrogens with one attached hydrogen (secondary N) is 1. The Morgan fingerprint density at radius 1 is 1.19 bits per heavy atom. The molecule has 11 nitrogen and oxygen atoms in total. The Balaban J connectivity index is 1.69. The zero-order valence-corrected chi connectivity index (χ0v) is 21.4. The van der Waals surface area contributed by atoms with Gasteiger partial charge in [-0.15, -0.1) is 0 Å². The van der Waals surface area contributed by atoms with Gasteiger partial charge in [-0.1, -0.05) is 0 Å². The first kappa shape index (κ1) is 27.4. The van der Waals surface area contributed by atoms with Crippen molar-refractivity contribution in [2.45, 2.75) is 26.7 Å². The predicted molar refractivity (Wildman–Crippen MR) is 140 cm³/mol. The van der Waals surface area contributed by atoms with E-state index in [4.69, 9.17) is 9.47 Å². The van der Waals surface area contributed by atoms with Gasteiger partial charge in [0.2, 0.25) is 5.91 Å². The summed E-state index contributed by atoms with van der Waals surface area (Å²) < 4.78 is 10.5. The van der Waals surface area contributed by atoms with Crippen molar-refractivity contribution in [2.24, 2.45) is 11.0 Å². The molecule has 0 saturated carbocycles. The van der Waals surface area contributed by atoms with Gasteiger partial charge in [0.05, 0.1) is 24.2 Å². The summed E-state index contributed by atoms with van der Waals surface area (Å²) in [5.41, 5.74) is 3.49. The van der Waals surface area contributed by atoms with Gasteiger partial charge in [0.25, 0.3) is 11.6 Å². The smallest absolute Gasteiger partial charge is 0.277 e. The number of anilines is 1. The van der Waals surface area contributed by atoms with Crippen molar-refractivity contribution in [3.8, 4) is 11.5 Å². The molecule has 1 N–H and O–H groups in total. The Labute approximate surface area is 216 Å². The molecule has 1 aliphatic heterocycles. The van der Waals surface area contributed by atoms with Crippen LogP contribution in [-0.4, -0.2) is 67.7 Å². The van der Waals surface area contributed by atoms with E-state index in [-0.39, 0.29) is 24.1 Å². The van der Waals surface area contributed by atoms with Gasteiger partial charge >= 0.3 is 0 Å². The van der Waals surface area contributed by atoms with Gasteiger partial charge in [0.15, 0.2) is 6.61 Å². The third-order valence-electron chi connectivity index (χ3n) is 6.23. The maximum atomic E-state index is 12.9. The molecule has 1 fully saturated rings. The van der Waals surface area contributed by atoms with E-state index in [9.17, 15) is 19.7 Å². The fraction of sp³-hybridized carbons (Fsp3) is 0.423. The molecule has 1 atom stereocenters. The van der Waals surface area contributed by atoms with E-state index in [1.54, 1.807) is 37.4 Å². The van der Waals surface area contributed by atoms with Crippen molar-refractivity contribution < 1.29 is 24.0 Å². The van der Waals surface area contributed by atoms with Crippen LogP contribution in [0.4, 0.5) is 11.4 Å². The van der Waals surface area contributed by atoms with Crippen molar-refractivity contribution in [1.82, 2.24) is 10.3 Å². The van der Waals surface area contributed by atoms with E-state index < -0.39 is 10.8 Å².